The number of rotatable bonds is 3. The summed E-state index contributed by atoms with van der Waals surface area (Å²) in [5.74, 6) is -0.241. The summed E-state index contributed by atoms with van der Waals surface area (Å²) >= 11 is 11.9. The molecule has 2 aromatic rings. The topological polar surface area (TPSA) is 91.8 Å². The molecular formula is C15H10Cl2N4O. The Morgan fingerprint density at radius 1 is 1.32 bits per heavy atom. The van der Waals surface area contributed by atoms with Crippen molar-refractivity contribution in [3.8, 4) is 6.07 Å². The zero-order chi connectivity index (χ0) is 16.1. The standard InChI is InChI=1S/C15H10Cl2N4O/c16-11-2-1-3-12(14(11)17)21-15(22)10(7-18)6-9-4-5-13(19)20-8-9/h1-6,8H,(H2,19,20)(H,21,22)/b10-6+. The van der Waals surface area contributed by atoms with Gasteiger partial charge < -0.3 is 11.1 Å². The number of anilines is 2. The van der Waals surface area contributed by atoms with E-state index >= 15 is 0 Å². The Balaban J connectivity index is 2.24. The number of nitrogens with one attached hydrogen (secondary N) is 1. The van der Waals surface area contributed by atoms with Crippen LogP contribution in [0.2, 0.25) is 10.0 Å². The van der Waals surface area contributed by atoms with Gasteiger partial charge in [-0.05, 0) is 35.9 Å². The van der Waals surface area contributed by atoms with Gasteiger partial charge in [0.1, 0.15) is 17.5 Å². The number of hydrogen-bond acceptors (Lipinski definition) is 4. The minimum absolute atomic E-state index is 0.0948. The number of nitrogen functional groups attached to an aromatic ring is 1. The second-order valence-electron chi connectivity index (χ2n) is 4.24. The van der Waals surface area contributed by atoms with Crippen molar-refractivity contribution in [3.63, 3.8) is 0 Å². The number of carbonyl (C=O) groups is 1. The second-order valence-corrected chi connectivity index (χ2v) is 5.03. The van der Waals surface area contributed by atoms with Gasteiger partial charge in [0.05, 0.1) is 15.7 Å². The lowest BCUT2D eigenvalue weighted by molar-refractivity contribution is -0.112. The number of amides is 1. The number of aromatic nitrogens is 1. The SMILES string of the molecule is N#C/C(=C\c1ccc(N)nc1)C(=O)Nc1cccc(Cl)c1Cl. The number of halogens is 2. The molecule has 0 aliphatic carbocycles. The molecule has 1 amide bonds. The van der Waals surface area contributed by atoms with Crippen molar-refractivity contribution < 1.29 is 4.79 Å². The summed E-state index contributed by atoms with van der Waals surface area (Å²) in [6.45, 7) is 0. The van der Waals surface area contributed by atoms with Gasteiger partial charge in [0.15, 0.2) is 0 Å². The molecule has 7 heteroatoms. The van der Waals surface area contributed by atoms with Crippen LogP contribution < -0.4 is 11.1 Å². The molecule has 22 heavy (non-hydrogen) atoms. The third-order valence-electron chi connectivity index (χ3n) is 2.69. The maximum Gasteiger partial charge on any atom is 0.266 e. The Bertz CT molecular complexity index is 779. The summed E-state index contributed by atoms with van der Waals surface area (Å²) in [5, 5.41) is 12.2. The number of benzene rings is 1. The molecule has 0 saturated carbocycles. The average molecular weight is 333 g/mol. The Morgan fingerprint density at radius 3 is 2.73 bits per heavy atom. The van der Waals surface area contributed by atoms with Crippen molar-refractivity contribution in [1.82, 2.24) is 4.98 Å². The van der Waals surface area contributed by atoms with Crippen LogP contribution in [0.3, 0.4) is 0 Å². The zero-order valence-corrected chi connectivity index (χ0v) is 12.7. The van der Waals surface area contributed by atoms with Gasteiger partial charge >= 0.3 is 0 Å². The van der Waals surface area contributed by atoms with E-state index in [-0.39, 0.29) is 10.6 Å². The number of nitrogens with two attached hydrogens (primary N) is 1. The summed E-state index contributed by atoms with van der Waals surface area (Å²) in [7, 11) is 0. The second kappa shape index (κ2) is 6.94. The smallest absolute Gasteiger partial charge is 0.266 e. The van der Waals surface area contributed by atoms with Crippen molar-refractivity contribution in [1.29, 1.82) is 5.26 Å². The quantitative estimate of drug-likeness (QED) is 0.664. The minimum Gasteiger partial charge on any atom is -0.384 e. The van der Waals surface area contributed by atoms with Crippen molar-refractivity contribution in [2.24, 2.45) is 0 Å². The summed E-state index contributed by atoms with van der Waals surface area (Å²) in [6, 6.07) is 9.89. The summed E-state index contributed by atoms with van der Waals surface area (Å²) in [5.41, 5.74) is 6.30. The normalized spacial score (nSPS) is 10.9. The molecule has 1 aromatic heterocycles. The molecule has 0 saturated heterocycles. The molecule has 0 aliphatic rings. The van der Waals surface area contributed by atoms with E-state index in [0.717, 1.165) is 0 Å². The van der Waals surface area contributed by atoms with Crippen LogP contribution in [-0.4, -0.2) is 10.9 Å². The zero-order valence-electron chi connectivity index (χ0n) is 11.2. The van der Waals surface area contributed by atoms with Crippen LogP contribution in [0.1, 0.15) is 5.56 Å². The van der Waals surface area contributed by atoms with Crippen molar-refractivity contribution in [3.05, 3.63) is 57.7 Å². The summed E-state index contributed by atoms with van der Waals surface area (Å²) in [4.78, 5) is 16.0. The molecule has 5 nitrogen and oxygen atoms in total. The van der Waals surface area contributed by atoms with Gasteiger partial charge in [0.25, 0.3) is 5.91 Å². The van der Waals surface area contributed by atoms with Crippen LogP contribution in [0.4, 0.5) is 11.5 Å². The first kappa shape index (κ1) is 15.8. The lowest BCUT2D eigenvalue weighted by Crippen LogP contribution is -2.13. The first-order valence-corrected chi connectivity index (χ1v) is 6.85. The maximum absolute atomic E-state index is 12.1. The predicted octanol–water partition coefficient (Wildman–Crippen LogP) is 3.52. The fourth-order valence-corrected chi connectivity index (χ4v) is 1.96. The van der Waals surface area contributed by atoms with Crippen LogP contribution in [0, 0.1) is 11.3 Å². The molecule has 110 valence electrons. The number of pyridine rings is 1. The molecule has 0 bridgehead atoms. The van der Waals surface area contributed by atoms with E-state index < -0.39 is 5.91 Å². The van der Waals surface area contributed by atoms with Gasteiger partial charge in [-0.1, -0.05) is 29.3 Å². The molecule has 1 heterocycles. The van der Waals surface area contributed by atoms with E-state index in [2.05, 4.69) is 10.3 Å². The number of nitriles is 1. The molecule has 0 unspecified atom stereocenters. The number of hydrogen-bond donors (Lipinski definition) is 2. The molecule has 3 N–H and O–H groups in total. The van der Waals surface area contributed by atoms with Gasteiger partial charge in [-0.25, -0.2) is 4.98 Å². The highest BCUT2D eigenvalue weighted by molar-refractivity contribution is 6.44. The number of carbonyl (C=O) groups excluding carboxylic acids is 1. The van der Waals surface area contributed by atoms with Crippen LogP contribution >= 0.6 is 23.2 Å². The fourth-order valence-electron chi connectivity index (χ4n) is 1.61. The third-order valence-corrected chi connectivity index (χ3v) is 3.50. The van der Waals surface area contributed by atoms with E-state index in [1.807, 2.05) is 6.07 Å². The molecule has 0 spiro atoms. The highest BCUT2D eigenvalue weighted by Gasteiger charge is 2.12. The first-order valence-electron chi connectivity index (χ1n) is 6.10. The maximum atomic E-state index is 12.1. The molecule has 0 radical (unpaired) electrons. The highest BCUT2D eigenvalue weighted by Crippen LogP contribution is 2.29. The average Bonchev–Trinajstić information content (AvgIpc) is 2.51. The fraction of sp³-hybridized carbons (Fsp3) is 0. The monoisotopic (exact) mass is 332 g/mol. The van der Waals surface area contributed by atoms with Crippen molar-refractivity contribution in [2.45, 2.75) is 0 Å². The van der Waals surface area contributed by atoms with Crippen LogP contribution in [0.25, 0.3) is 6.08 Å². The Labute approximate surface area is 137 Å². The Hall–Kier alpha value is -2.55. The number of nitrogens with zero attached hydrogens (tertiary/aromatic N) is 2. The lowest BCUT2D eigenvalue weighted by atomic mass is 10.1. The van der Waals surface area contributed by atoms with E-state index in [9.17, 15) is 4.79 Å². The minimum atomic E-state index is -0.594. The van der Waals surface area contributed by atoms with E-state index in [1.165, 1.54) is 12.3 Å². The molecule has 0 fully saturated rings. The highest BCUT2D eigenvalue weighted by atomic mass is 35.5. The van der Waals surface area contributed by atoms with Crippen LogP contribution in [0.5, 0.6) is 0 Å². The Kier molecular flexibility index (Phi) is 4.99. The van der Waals surface area contributed by atoms with E-state index in [1.54, 1.807) is 30.3 Å². The molecular weight excluding hydrogens is 323 g/mol. The molecule has 0 aliphatic heterocycles. The van der Waals surface area contributed by atoms with Crippen LogP contribution in [-0.2, 0) is 4.79 Å². The largest absolute Gasteiger partial charge is 0.384 e. The van der Waals surface area contributed by atoms with Gasteiger partial charge in [-0.3, -0.25) is 4.79 Å². The third kappa shape index (κ3) is 3.76. The summed E-state index contributed by atoms with van der Waals surface area (Å²) < 4.78 is 0. The van der Waals surface area contributed by atoms with E-state index in [0.29, 0.717) is 22.1 Å². The van der Waals surface area contributed by atoms with E-state index in [4.69, 9.17) is 34.2 Å². The van der Waals surface area contributed by atoms with Gasteiger partial charge in [-0.15, -0.1) is 0 Å². The summed E-state index contributed by atoms with van der Waals surface area (Å²) in [6.07, 6.45) is 2.87. The molecule has 0 atom stereocenters. The lowest BCUT2D eigenvalue weighted by Gasteiger charge is -2.07. The van der Waals surface area contributed by atoms with Gasteiger partial charge in [0.2, 0.25) is 0 Å². The van der Waals surface area contributed by atoms with Crippen molar-refractivity contribution >= 4 is 46.7 Å². The van der Waals surface area contributed by atoms with Crippen molar-refractivity contribution in [2.75, 3.05) is 11.1 Å². The first-order chi connectivity index (χ1) is 10.5. The molecule has 2 rings (SSSR count). The molecule has 1 aromatic carbocycles. The van der Waals surface area contributed by atoms with Crippen LogP contribution in [0.15, 0.2) is 42.1 Å². The predicted molar refractivity (Wildman–Crippen MR) is 87.3 cm³/mol. The van der Waals surface area contributed by atoms with Gasteiger partial charge in [-0.2, -0.15) is 5.26 Å². The Morgan fingerprint density at radius 2 is 2.09 bits per heavy atom. The van der Waals surface area contributed by atoms with Gasteiger partial charge in [0, 0.05) is 6.20 Å².